The summed E-state index contributed by atoms with van der Waals surface area (Å²) in [5.74, 6) is -9.50. The fourth-order valence-corrected chi connectivity index (χ4v) is 8.65. The molecule has 16 heteroatoms. The second kappa shape index (κ2) is 15.5. The zero-order valence-electron chi connectivity index (χ0n) is 31.1. The highest BCUT2D eigenvalue weighted by molar-refractivity contribution is 6.01. The number of carbonyl (C=O) groups is 4. The molecule has 3 N–H and O–H groups in total. The van der Waals surface area contributed by atoms with E-state index in [9.17, 15) is 36.7 Å². The van der Waals surface area contributed by atoms with Crippen LogP contribution in [-0.2, 0) is 26.3 Å². The van der Waals surface area contributed by atoms with Crippen molar-refractivity contribution in [1.82, 2.24) is 30.2 Å². The van der Waals surface area contributed by atoms with Gasteiger partial charge in [0.2, 0.25) is 29.6 Å². The first-order chi connectivity index (χ1) is 26.1. The standard InChI is InChI=1S/C39H50F5N7O4/c1-2-31(52)47-33(36(55)50-16-14-49(15-17-50)22-24-5-6-24)37(11-12-37)27-7-8-29(28(40)18-27)46-35(54)32(26-4-3-10-38(41,42)21-26)48-34(53)30-9-13-45-51(30)23-25-19-39(43,44)20-25/h7-9,13,18,24-26,32-33H,2-6,10-12,14-17,19-23H2,1H3,(H,46,54)(H,47,52)(H,48,53)/t26-,32-,33-/m0/s1. The lowest BCUT2D eigenvalue weighted by Crippen LogP contribution is -2.58. The second-order valence-electron chi connectivity index (χ2n) is 16.5. The minimum atomic E-state index is -3.07. The number of hydrogen-bond donors (Lipinski definition) is 3. The molecule has 0 bridgehead atoms. The van der Waals surface area contributed by atoms with E-state index in [0.717, 1.165) is 25.6 Å². The summed E-state index contributed by atoms with van der Waals surface area (Å²) in [6.07, 6.45) is 3.64. The molecule has 5 aliphatic rings. The van der Waals surface area contributed by atoms with E-state index in [1.807, 2.05) is 0 Å². The molecule has 55 heavy (non-hydrogen) atoms. The Balaban J connectivity index is 1.06. The van der Waals surface area contributed by atoms with E-state index in [4.69, 9.17) is 0 Å². The summed E-state index contributed by atoms with van der Waals surface area (Å²) in [7, 11) is 0. The fourth-order valence-electron chi connectivity index (χ4n) is 8.65. The van der Waals surface area contributed by atoms with Gasteiger partial charge in [0.25, 0.3) is 5.91 Å². The molecule has 0 unspecified atom stereocenters. The zero-order valence-corrected chi connectivity index (χ0v) is 31.1. The van der Waals surface area contributed by atoms with Crippen LogP contribution in [0.1, 0.15) is 93.6 Å². The number of amides is 4. The van der Waals surface area contributed by atoms with Crippen molar-refractivity contribution in [2.24, 2.45) is 17.8 Å². The average molecular weight is 776 g/mol. The predicted octanol–water partition coefficient (Wildman–Crippen LogP) is 5.11. The van der Waals surface area contributed by atoms with Gasteiger partial charge in [-0.15, -0.1) is 0 Å². The van der Waals surface area contributed by atoms with Gasteiger partial charge in [0.05, 0.1) is 5.69 Å². The first-order valence-electron chi connectivity index (χ1n) is 19.6. The number of alkyl halides is 4. The van der Waals surface area contributed by atoms with Gasteiger partial charge in [0.1, 0.15) is 23.6 Å². The molecule has 1 aromatic heterocycles. The maximum Gasteiger partial charge on any atom is 0.270 e. The smallest absolute Gasteiger partial charge is 0.270 e. The largest absolute Gasteiger partial charge is 0.343 e. The summed E-state index contributed by atoms with van der Waals surface area (Å²) in [6, 6.07) is 3.16. The summed E-state index contributed by atoms with van der Waals surface area (Å²) < 4.78 is 73.4. The first kappa shape index (κ1) is 39.2. The summed E-state index contributed by atoms with van der Waals surface area (Å²) in [5.41, 5.74) is -0.618. The molecule has 4 saturated carbocycles. The van der Waals surface area contributed by atoms with E-state index in [2.05, 4.69) is 25.9 Å². The Kier molecular flexibility index (Phi) is 11.0. The van der Waals surface area contributed by atoms with Crippen LogP contribution in [0.4, 0.5) is 27.6 Å². The number of aromatic nitrogens is 2. The van der Waals surface area contributed by atoms with Gasteiger partial charge >= 0.3 is 0 Å². The minimum absolute atomic E-state index is 0.0137. The Labute approximate surface area is 317 Å². The number of nitrogens with one attached hydrogen (secondary N) is 3. The molecule has 1 aromatic carbocycles. The number of piperazine rings is 1. The molecule has 1 saturated heterocycles. The van der Waals surface area contributed by atoms with Gasteiger partial charge in [-0.3, -0.25) is 28.8 Å². The molecule has 1 aliphatic heterocycles. The lowest BCUT2D eigenvalue weighted by atomic mass is 9.81. The molecule has 4 aliphatic carbocycles. The Morgan fingerprint density at radius 3 is 2.22 bits per heavy atom. The number of carbonyl (C=O) groups excluding carboxylic acids is 4. The molecular formula is C39H50F5N7O4. The molecule has 11 nitrogen and oxygen atoms in total. The van der Waals surface area contributed by atoms with Crippen molar-refractivity contribution < 1.29 is 41.1 Å². The number of benzene rings is 1. The van der Waals surface area contributed by atoms with Crippen LogP contribution in [0, 0.1) is 23.6 Å². The van der Waals surface area contributed by atoms with Crippen molar-refractivity contribution >= 4 is 29.3 Å². The fraction of sp³-hybridized carbons (Fsp3) is 0.667. The Morgan fingerprint density at radius 2 is 1.60 bits per heavy atom. The van der Waals surface area contributed by atoms with Gasteiger partial charge in [-0.1, -0.05) is 13.0 Å². The maximum absolute atomic E-state index is 16.0. The van der Waals surface area contributed by atoms with Crippen LogP contribution in [0.25, 0.3) is 0 Å². The molecule has 7 rings (SSSR count). The van der Waals surface area contributed by atoms with Crippen LogP contribution < -0.4 is 16.0 Å². The quantitative estimate of drug-likeness (QED) is 0.229. The van der Waals surface area contributed by atoms with Crippen molar-refractivity contribution in [2.75, 3.05) is 38.0 Å². The Bertz CT molecular complexity index is 1760. The molecule has 4 amide bonds. The summed E-state index contributed by atoms with van der Waals surface area (Å²) >= 11 is 0. The lowest BCUT2D eigenvalue weighted by Gasteiger charge is -2.38. The summed E-state index contributed by atoms with van der Waals surface area (Å²) in [4.78, 5) is 58.2. The highest BCUT2D eigenvalue weighted by Crippen LogP contribution is 2.52. The van der Waals surface area contributed by atoms with Gasteiger partial charge < -0.3 is 20.9 Å². The third kappa shape index (κ3) is 8.99. The van der Waals surface area contributed by atoms with E-state index in [1.54, 1.807) is 17.9 Å². The van der Waals surface area contributed by atoms with E-state index >= 15 is 4.39 Å². The highest BCUT2D eigenvalue weighted by atomic mass is 19.3. The van der Waals surface area contributed by atoms with Crippen LogP contribution >= 0.6 is 0 Å². The lowest BCUT2D eigenvalue weighted by molar-refractivity contribution is -0.139. The molecule has 2 aromatic rings. The van der Waals surface area contributed by atoms with Gasteiger partial charge in [-0.05, 0) is 80.0 Å². The normalized spacial score (nSPS) is 24.3. The average Bonchev–Trinajstić information content (AvgIpc) is 4.07. The van der Waals surface area contributed by atoms with E-state index in [0.29, 0.717) is 31.5 Å². The van der Waals surface area contributed by atoms with Crippen molar-refractivity contribution in [3.8, 4) is 0 Å². The molecule has 2 heterocycles. The minimum Gasteiger partial charge on any atom is -0.343 e. The van der Waals surface area contributed by atoms with Crippen molar-refractivity contribution in [3.05, 3.63) is 47.5 Å². The third-order valence-corrected chi connectivity index (χ3v) is 12.2. The summed E-state index contributed by atoms with van der Waals surface area (Å²) in [5, 5.41) is 12.1. The van der Waals surface area contributed by atoms with Gasteiger partial charge in [-0.25, -0.2) is 22.0 Å². The molecule has 0 spiro atoms. The van der Waals surface area contributed by atoms with Crippen molar-refractivity contribution in [2.45, 2.75) is 113 Å². The number of rotatable bonds is 14. The first-order valence-corrected chi connectivity index (χ1v) is 19.6. The van der Waals surface area contributed by atoms with Crippen LogP contribution in [-0.4, -0.2) is 99.9 Å². The molecule has 5 fully saturated rings. The van der Waals surface area contributed by atoms with Crippen LogP contribution in [0.2, 0.25) is 0 Å². The SMILES string of the molecule is CCC(=O)N[C@@H](C(=O)N1CCN(CC2CC2)CC1)C1(c2ccc(NC(=O)[C@@H](NC(=O)c3ccnn3CC3CC(F)(F)C3)[C@H]3CCCC(F)(F)C3)c(F)c2)CC1. The van der Waals surface area contributed by atoms with Crippen LogP contribution in [0.3, 0.4) is 0 Å². The molecule has 300 valence electrons. The monoisotopic (exact) mass is 775 g/mol. The number of hydrogen-bond acceptors (Lipinski definition) is 6. The molecule has 3 atom stereocenters. The number of halogens is 5. The van der Waals surface area contributed by atoms with Crippen molar-refractivity contribution in [1.29, 1.82) is 0 Å². The van der Waals surface area contributed by atoms with E-state index in [1.165, 1.54) is 41.9 Å². The number of nitrogens with zero attached hydrogens (tertiary/aromatic N) is 4. The zero-order chi connectivity index (χ0) is 39.1. The Morgan fingerprint density at radius 1 is 0.873 bits per heavy atom. The maximum atomic E-state index is 16.0. The van der Waals surface area contributed by atoms with Gasteiger partial charge in [0.15, 0.2) is 0 Å². The van der Waals surface area contributed by atoms with Gasteiger partial charge in [-0.2, -0.15) is 5.10 Å². The predicted molar refractivity (Wildman–Crippen MR) is 192 cm³/mol. The highest BCUT2D eigenvalue weighted by Gasteiger charge is 2.55. The number of anilines is 1. The van der Waals surface area contributed by atoms with E-state index < -0.39 is 65.2 Å². The van der Waals surface area contributed by atoms with Crippen molar-refractivity contribution in [3.63, 3.8) is 0 Å². The van der Waals surface area contributed by atoms with E-state index in [-0.39, 0.29) is 68.3 Å². The third-order valence-electron chi connectivity index (χ3n) is 12.2. The topological polar surface area (TPSA) is 129 Å². The van der Waals surface area contributed by atoms with Crippen LogP contribution in [0.15, 0.2) is 30.5 Å². The Hall–Kier alpha value is -4.08. The second-order valence-corrected chi connectivity index (χ2v) is 16.5. The summed E-state index contributed by atoms with van der Waals surface area (Å²) in [6.45, 7) is 5.34. The molecule has 0 radical (unpaired) electrons. The molecular weight excluding hydrogens is 725 g/mol. The van der Waals surface area contributed by atoms with Gasteiger partial charge in [0, 0.05) is 83.0 Å². The van der Waals surface area contributed by atoms with Crippen LogP contribution in [0.5, 0.6) is 0 Å².